The molecule has 0 aromatic carbocycles. The van der Waals surface area contributed by atoms with E-state index in [1.54, 1.807) is 12.4 Å². The first-order valence-corrected chi connectivity index (χ1v) is 20.5. The molecule has 300 valence electrons. The summed E-state index contributed by atoms with van der Waals surface area (Å²) in [4.78, 5) is 55.6. The first-order valence-electron chi connectivity index (χ1n) is 16.5. The Labute approximate surface area is 376 Å². The average Bonchev–Trinajstić information content (AvgIpc) is 3.99. The Balaban J connectivity index is 0.000000214. The van der Waals surface area contributed by atoms with Crippen molar-refractivity contribution < 1.29 is 127 Å². The molecule has 7 heterocycles. The van der Waals surface area contributed by atoms with E-state index in [1.807, 2.05) is 35.1 Å². The topological polar surface area (TPSA) is 352 Å². The Kier molecular flexibility index (Phi) is 15.4. The molecule has 5 aromatic rings. The zero-order valence-electron chi connectivity index (χ0n) is 30.6. The Morgan fingerprint density at radius 2 is 1.28 bits per heavy atom. The molecule has 22 nitrogen and oxygen atoms in total. The van der Waals surface area contributed by atoms with Gasteiger partial charge in [-0.15, -0.1) is 0 Å². The minimum absolute atomic E-state index is 0. The second-order valence-electron chi connectivity index (χ2n) is 12.8. The number of hydrogen-bond acceptors (Lipinski definition) is 19. The molecule has 0 radical (unpaired) electrons. The normalized spacial score (nSPS) is 27.3. The summed E-state index contributed by atoms with van der Waals surface area (Å²) >= 11 is 1.49. The van der Waals surface area contributed by atoms with E-state index in [0.717, 1.165) is 22.3 Å². The van der Waals surface area contributed by atoms with Gasteiger partial charge in [-0.1, -0.05) is 18.2 Å². The molecule has 1 aliphatic carbocycles. The number of ether oxygens (including phenoxy) is 2. The van der Waals surface area contributed by atoms with E-state index < -0.39 is 77.9 Å². The first kappa shape index (κ1) is 47.1. The number of hydrogen-bond donors (Lipinski definition) is 8. The summed E-state index contributed by atoms with van der Waals surface area (Å²) in [7, 11) is -9.99. The van der Waals surface area contributed by atoms with Crippen LogP contribution in [0.1, 0.15) is 24.4 Å². The van der Waals surface area contributed by atoms with Gasteiger partial charge in [0, 0.05) is 23.5 Å². The molecule has 2 fully saturated rings. The molecule has 58 heavy (non-hydrogen) atoms. The van der Waals surface area contributed by atoms with Gasteiger partial charge >= 0.3 is 59.1 Å². The van der Waals surface area contributed by atoms with E-state index in [2.05, 4.69) is 29.0 Å². The van der Waals surface area contributed by atoms with Crippen LogP contribution in [0.4, 0.5) is 11.6 Å². The van der Waals surface area contributed by atoms with Gasteiger partial charge in [0.05, 0.1) is 24.0 Å². The van der Waals surface area contributed by atoms with Crippen molar-refractivity contribution >= 4 is 66.3 Å². The van der Waals surface area contributed by atoms with Crippen molar-refractivity contribution in [2.75, 3.05) is 24.7 Å². The maximum absolute atomic E-state index is 10.8. The number of phosphoric acid groups is 2. The van der Waals surface area contributed by atoms with Crippen LogP contribution in [0.25, 0.3) is 38.8 Å². The Morgan fingerprint density at radius 1 is 0.793 bits per heavy atom. The molecule has 3 aliphatic rings. The number of phosphoric ester groups is 2. The van der Waals surface area contributed by atoms with Crippen LogP contribution in [0.2, 0.25) is 0 Å². The van der Waals surface area contributed by atoms with Gasteiger partial charge in [0.15, 0.2) is 12.5 Å². The summed E-state index contributed by atoms with van der Waals surface area (Å²) in [5, 5.41) is 46.3. The van der Waals surface area contributed by atoms with Crippen molar-refractivity contribution in [2.24, 2.45) is 0 Å². The third kappa shape index (κ3) is 9.87. The molecular formula is C31H34N8Na2O14P2S. The maximum Gasteiger partial charge on any atom is 1.00 e. The molecule has 0 bridgehead atoms. The van der Waals surface area contributed by atoms with E-state index in [0.29, 0.717) is 28.5 Å². The van der Waals surface area contributed by atoms with Gasteiger partial charge in [-0.2, -0.15) is 11.3 Å². The molecule has 0 amide bonds. The minimum atomic E-state index is -5.00. The fraction of sp³-hybridized carbons (Fsp3) is 0.355. The van der Waals surface area contributed by atoms with Gasteiger partial charge in [-0.3, -0.25) is 9.13 Å². The van der Waals surface area contributed by atoms with Crippen molar-refractivity contribution in [1.82, 2.24) is 29.1 Å². The van der Waals surface area contributed by atoms with Gasteiger partial charge in [0.25, 0.3) is 15.6 Å². The van der Waals surface area contributed by atoms with E-state index in [4.69, 9.17) is 30.7 Å². The number of allylic oxidation sites excluding steroid dienone is 4. The first-order chi connectivity index (χ1) is 26.5. The number of aliphatic hydroxyl groups is 4. The fourth-order valence-corrected chi connectivity index (χ4v) is 7.99. The number of fused-ring (bicyclic) bond motifs is 2. The molecule has 27 heteroatoms. The maximum atomic E-state index is 10.8. The number of aliphatic hydroxyl groups excluding tert-OH is 4. The van der Waals surface area contributed by atoms with Crippen LogP contribution in [0, 0.1) is 0 Å². The van der Waals surface area contributed by atoms with Crippen molar-refractivity contribution in [1.29, 1.82) is 0 Å². The van der Waals surface area contributed by atoms with Crippen LogP contribution in [-0.4, -0.2) is 109 Å². The molecule has 10 N–H and O–H groups in total. The van der Waals surface area contributed by atoms with Crippen LogP contribution in [0.3, 0.4) is 0 Å². The number of thiophene rings is 1. The summed E-state index contributed by atoms with van der Waals surface area (Å²) in [6.07, 6.45) is 2.21. The van der Waals surface area contributed by atoms with E-state index in [9.17, 15) is 39.3 Å². The Bertz CT molecular complexity index is 2390. The smallest absolute Gasteiger partial charge is 0.756 e. The molecule has 2 saturated heterocycles. The summed E-state index contributed by atoms with van der Waals surface area (Å²) in [5.74, 6) is 0.498. The quantitative estimate of drug-likeness (QED) is 0.0477. The molecule has 0 saturated carbocycles. The Morgan fingerprint density at radius 3 is 1.71 bits per heavy atom. The van der Waals surface area contributed by atoms with Gasteiger partial charge in [-0.05, 0) is 34.4 Å². The summed E-state index contributed by atoms with van der Waals surface area (Å²) in [5.41, 5.74) is 16.2. The second-order valence-corrected chi connectivity index (χ2v) is 15.9. The number of nitrogens with zero attached hydrogens (tertiary/aromatic N) is 6. The number of rotatable bonds is 10. The van der Waals surface area contributed by atoms with Crippen molar-refractivity contribution in [3.63, 3.8) is 0 Å². The SMILES string of the molecule is Nc1ncnc2c1c(-c1ccsc1)cn2[C@@H]1O[C@H](COP(=O)([O-])O)C(O)[C@@H]1O.Nc1ncnc2c1c(C1=CC=CC1)cn2[C@@H]1O[C@H](COP(=O)([O-])O)C(O)[C@@H]1O.[Na+].[Na+]. The molecule has 0 spiro atoms. The predicted octanol–water partition coefficient (Wildman–Crippen LogP) is -6.70. The monoisotopic (exact) mass is 882 g/mol. The van der Waals surface area contributed by atoms with Crippen LogP contribution in [-0.2, 0) is 27.7 Å². The standard InChI is InChI=1S/C16H19N4O7P.C15H17N4O7PS.2Na/c17-14-11-9(8-3-1-2-4-8)5-20(15(11)19-7-18-14)16-13(22)12(21)10(27-16)6-26-28(23,24)25;16-13-10-8(7-1-2-28-5-7)3-19(14(10)18-6-17-13)15-12(21)11(20)9(26-15)4-25-27(22,23)24;;/h1-3,5,7,10,12-13,16,21-22H,4,6H2,(H2,17,18,19)(H2,23,24,25);1-3,5-6,9,11-12,15,20-21H,4H2,(H2,16,17,18)(H2,22,23,24);;/q;;2*+1/p-2/t10-,12?,13+,16-;9-,11?,12+,15-;;/m11../s1. The van der Waals surface area contributed by atoms with Gasteiger partial charge in [0.1, 0.15) is 72.2 Å². The molecule has 2 aliphatic heterocycles. The van der Waals surface area contributed by atoms with Crippen molar-refractivity contribution in [3.8, 4) is 11.1 Å². The predicted molar refractivity (Wildman–Crippen MR) is 192 cm³/mol. The summed E-state index contributed by atoms with van der Waals surface area (Å²) in [6, 6.07) is 1.89. The average molecular weight is 883 g/mol. The molecular weight excluding hydrogens is 848 g/mol. The third-order valence-electron chi connectivity index (χ3n) is 9.25. The van der Waals surface area contributed by atoms with E-state index >= 15 is 0 Å². The number of aromatic nitrogens is 6. The zero-order valence-corrected chi connectivity index (χ0v) is 37.2. The summed E-state index contributed by atoms with van der Waals surface area (Å²) in [6.45, 7) is -1.30. The molecule has 4 unspecified atom stereocenters. The third-order valence-corrected chi connectivity index (χ3v) is 10.9. The largest absolute Gasteiger partial charge is 1.00 e. The van der Waals surface area contributed by atoms with Gasteiger partial charge < -0.3 is 79.1 Å². The van der Waals surface area contributed by atoms with E-state index in [1.165, 1.54) is 33.1 Å². The molecule has 5 aromatic heterocycles. The zero-order chi connectivity index (χ0) is 40.1. The number of nitrogen functional groups attached to an aromatic ring is 2. The van der Waals surface area contributed by atoms with Crippen molar-refractivity contribution in [3.05, 3.63) is 65.7 Å². The Hall–Kier alpha value is -2.00. The van der Waals surface area contributed by atoms with Crippen molar-refractivity contribution in [2.45, 2.75) is 55.5 Å². The minimum Gasteiger partial charge on any atom is -0.756 e. The second kappa shape index (κ2) is 18.9. The van der Waals surface area contributed by atoms with Crippen LogP contribution < -0.4 is 80.4 Å². The van der Waals surface area contributed by atoms with Crippen LogP contribution >= 0.6 is 27.0 Å². The molecule has 8 rings (SSSR count). The van der Waals surface area contributed by atoms with Gasteiger partial charge in [0.2, 0.25) is 0 Å². The molecule has 10 atom stereocenters. The number of anilines is 2. The number of nitrogens with two attached hydrogens (primary N) is 2. The summed E-state index contributed by atoms with van der Waals surface area (Å²) < 4.78 is 44.5. The van der Waals surface area contributed by atoms with E-state index in [-0.39, 0.29) is 70.8 Å². The van der Waals surface area contributed by atoms with Crippen LogP contribution in [0.15, 0.2) is 60.1 Å². The van der Waals surface area contributed by atoms with Gasteiger partial charge in [-0.25, -0.2) is 19.9 Å². The van der Waals surface area contributed by atoms with Crippen LogP contribution in [0.5, 0.6) is 0 Å². The fourth-order valence-electron chi connectivity index (χ4n) is 6.66.